The third-order valence-corrected chi connectivity index (χ3v) is 7.34. The van der Waals surface area contributed by atoms with Crippen LogP contribution in [-0.4, -0.2) is 51.2 Å². The highest BCUT2D eigenvalue weighted by Crippen LogP contribution is 2.35. The molecule has 2 amide bonds. The van der Waals surface area contributed by atoms with Crippen LogP contribution in [0.1, 0.15) is 66.2 Å². The van der Waals surface area contributed by atoms with E-state index in [1.807, 2.05) is 6.92 Å². The number of halogens is 3. The van der Waals surface area contributed by atoms with E-state index in [1.165, 1.54) is 11.4 Å². The molecule has 2 atom stereocenters. The second-order valence-corrected chi connectivity index (χ2v) is 11.9. The summed E-state index contributed by atoms with van der Waals surface area (Å²) in [6, 6.07) is 2.27. The molecule has 13 heteroatoms. The molecule has 1 N–H and O–H groups in total. The Bertz CT molecular complexity index is 1380. The second-order valence-electron chi connectivity index (χ2n) is 9.89. The zero-order valence-corrected chi connectivity index (χ0v) is 25.8. The Labute approximate surface area is 247 Å². The Kier molecular flexibility index (Phi) is 9.57. The molecule has 0 aliphatic carbocycles. The van der Waals surface area contributed by atoms with E-state index in [0.717, 1.165) is 22.7 Å². The molecular formula is C26H34BrClFN5O4S. The fourth-order valence-corrected chi connectivity index (χ4v) is 5.17. The number of alkyl halides is 1. The highest BCUT2D eigenvalue weighted by atomic mass is 79.9. The second kappa shape index (κ2) is 13.3. The summed E-state index contributed by atoms with van der Waals surface area (Å²) in [4.78, 5) is 31.3. The molecule has 39 heavy (non-hydrogen) atoms. The van der Waals surface area contributed by atoms with Crippen molar-refractivity contribution in [3.8, 4) is 0 Å². The van der Waals surface area contributed by atoms with Gasteiger partial charge in [0.05, 0.1) is 21.9 Å². The number of alkyl carbamates (subject to hydrolysis) is 1. The van der Waals surface area contributed by atoms with E-state index < -0.39 is 36.5 Å². The molecule has 0 aromatic carbocycles. The monoisotopic (exact) mass is 647 g/mol. The van der Waals surface area contributed by atoms with Gasteiger partial charge in [0.2, 0.25) is 5.28 Å². The molecule has 214 valence electrons. The number of rotatable bonds is 10. The maximum absolute atomic E-state index is 14.7. The number of hydrogen-bond acceptors (Lipinski definition) is 7. The SMILES string of the molecule is [2H]C([2H])(c1cccs1)N(C(=O)OCCCC)c1nc(Cl)nn2c(Br)c(C[C@@H](NC(=O)OC(C)(C)C)[C@H](C)F)c(C)c12. The average Bonchev–Trinajstić information content (AvgIpc) is 3.47. The van der Waals surface area contributed by atoms with E-state index in [1.54, 1.807) is 45.2 Å². The van der Waals surface area contributed by atoms with E-state index in [0.29, 0.717) is 22.2 Å². The van der Waals surface area contributed by atoms with Crippen molar-refractivity contribution in [2.24, 2.45) is 0 Å². The summed E-state index contributed by atoms with van der Waals surface area (Å²) < 4.78 is 45.2. The van der Waals surface area contributed by atoms with Crippen molar-refractivity contribution in [1.29, 1.82) is 0 Å². The molecule has 3 aromatic heterocycles. The Hall–Kier alpha value is -2.44. The van der Waals surface area contributed by atoms with Gasteiger partial charge in [0.15, 0.2) is 5.82 Å². The molecule has 0 aliphatic heterocycles. The molecule has 0 radical (unpaired) electrons. The Morgan fingerprint density at radius 1 is 1.41 bits per heavy atom. The van der Waals surface area contributed by atoms with Gasteiger partial charge in [0.1, 0.15) is 21.9 Å². The van der Waals surface area contributed by atoms with Gasteiger partial charge < -0.3 is 14.8 Å². The lowest BCUT2D eigenvalue weighted by Gasteiger charge is -2.24. The van der Waals surface area contributed by atoms with Crippen LogP contribution in [0.25, 0.3) is 5.52 Å². The highest BCUT2D eigenvalue weighted by molar-refractivity contribution is 9.10. The molecular weight excluding hydrogens is 613 g/mol. The number of amides is 2. The highest BCUT2D eigenvalue weighted by Gasteiger charge is 2.30. The number of unbranched alkanes of at least 4 members (excludes halogenated alkanes) is 1. The summed E-state index contributed by atoms with van der Waals surface area (Å²) in [5.74, 6) is -0.126. The average molecular weight is 649 g/mol. The van der Waals surface area contributed by atoms with Crippen molar-refractivity contribution < 1.29 is 26.2 Å². The number of carbonyl (C=O) groups excluding carboxylic acids is 2. The Morgan fingerprint density at radius 2 is 2.13 bits per heavy atom. The molecule has 3 rings (SSSR count). The molecule has 0 spiro atoms. The van der Waals surface area contributed by atoms with Crippen molar-refractivity contribution >= 4 is 62.4 Å². The third-order valence-electron chi connectivity index (χ3n) is 5.59. The van der Waals surface area contributed by atoms with E-state index >= 15 is 0 Å². The van der Waals surface area contributed by atoms with Crippen molar-refractivity contribution in [3.05, 3.63) is 43.4 Å². The lowest BCUT2D eigenvalue weighted by Crippen LogP contribution is -2.44. The van der Waals surface area contributed by atoms with Gasteiger partial charge in [-0.25, -0.2) is 18.5 Å². The van der Waals surface area contributed by atoms with Gasteiger partial charge in [-0.2, -0.15) is 4.98 Å². The number of fused-ring (bicyclic) bond motifs is 1. The van der Waals surface area contributed by atoms with Gasteiger partial charge in [-0.15, -0.1) is 16.4 Å². The van der Waals surface area contributed by atoms with E-state index in [4.69, 9.17) is 23.8 Å². The number of anilines is 1. The minimum Gasteiger partial charge on any atom is -0.449 e. The van der Waals surface area contributed by atoms with Crippen molar-refractivity contribution in [2.75, 3.05) is 11.5 Å². The zero-order valence-electron chi connectivity index (χ0n) is 24.7. The minimum atomic E-state index is -2.37. The predicted molar refractivity (Wildman–Crippen MR) is 155 cm³/mol. The molecule has 0 fully saturated rings. The largest absolute Gasteiger partial charge is 0.449 e. The maximum Gasteiger partial charge on any atom is 0.415 e. The van der Waals surface area contributed by atoms with Crippen LogP contribution in [0, 0.1) is 6.92 Å². The summed E-state index contributed by atoms with van der Waals surface area (Å²) in [5, 5.41) is 8.29. The molecule has 3 aromatic rings. The quantitative estimate of drug-likeness (QED) is 0.233. The number of ether oxygens (including phenoxy) is 2. The van der Waals surface area contributed by atoms with Crippen LogP contribution in [0.3, 0.4) is 0 Å². The van der Waals surface area contributed by atoms with Crippen molar-refractivity contribution in [3.63, 3.8) is 0 Å². The van der Waals surface area contributed by atoms with Crippen molar-refractivity contribution in [1.82, 2.24) is 19.9 Å². The normalized spacial score (nSPS) is 14.4. The molecule has 0 aliphatic rings. The molecule has 9 nitrogen and oxygen atoms in total. The zero-order chi connectivity index (χ0) is 30.7. The number of carbonyl (C=O) groups is 2. The first-order valence-corrected chi connectivity index (χ1v) is 14.5. The number of nitrogens with zero attached hydrogens (tertiary/aromatic N) is 4. The number of thiophene rings is 1. The van der Waals surface area contributed by atoms with Crippen LogP contribution >= 0.6 is 38.9 Å². The fraction of sp³-hybridized carbons (Fsp3) is 0.538. The van der Waals surface area contributed by atoms with Crippen LogP contribution in [0.2, 0.25) is 5.28 Å². The summed E-state index contributed by atoms with van der Waals surface area (Å²) in [5.41, 5.74) is 0.553. The first kappa shape index (κ1) is 28.1. The lowest BCUT2D eigenvalue weighted by atomic mass is 10.0. The molecule has 0 unspecified atom stereocenters. The Morgan fingerprint density at radius 3 is 2.72 bits per heavy atom. The van der Waals surface area contributed by atoms with Gasteiger partial charge in [0, 0.05) is 4.88 Å². The first-order valence-electron chi connectivity index (χ1n) is 13.5. The van der Waals surface area contributed by atoms with E-state index in [9.17, 15) is 14.0 Å². The van der Waals surface area contributed by atoms with Crippen LogP contribution in [0.4, 0.5) is 19.8 Å². The number of aryl methyl sites for hydroxylation is 1. The summed E-state index contributed by atoms with van der Waals surface area (Å²) in [6.07, 6.45) is -1.79. The molecule has 0 bridgehead atoms. The van der Waals surface area contributed by atoms with Gasteiger partial charge in [-0.1, -0.05) is 19.4 Å². The number of nitrogens with one attached hydrogen (secondary N) is 1. The fourth-order valence-electron chi connectivity index (χ4n) is 3.69. The first-order chi connectivity index (χ1) is 19.1. The van der Waals surface area contributed by atoms with E-state index in [-0.39, 0.29) is 34.5 Å². The van der Waals surface area contributed by atoms with Gasteiger partial charge in [-0.3, -0.25) is 4.90 Å². The van der Waals surface area contributed by atoms with Gasteiger partial charge in [0.25, 0.3) is 0 Å². The third kappa shape index (κ3) is 8.04. The van der Waals surface area contributed by atoms with Gasteiger partial charge >= 0.3 is 12.2 Å². The number of hydrogen-bond donors (Lipinski definition) is 1. The van der Waals surface area contributed by atoms with Crippen LogP contribution in [-0.2, 0) is 22.4 Å². The van der Waals surface area contributed by atoms with Crippen LogP contribution in [0.5, 0.6) is 0 Å². The van der Waals surface area contributed by atoms with E-state index in [2.05, 4.69) is 31.3 Å². The van der Waals surface area contributed by atoms with Crippen LogP contribution in [0.15, 0.2) is 22.1 Å². The van der Waals surface area contributed by atoms with Gasteiger partial charge in [-0.05, 0) is 97.6 Å². The molecule has 0 saturated heterocycles. The standard InChI is InChI=1S/C26H34BrClFN5O4S/c1-7-8-11-37-25(36)33(14-17-10-9-12-39-17)22-20-15(2)18(21(27)34(20)32-23(28)31-22)13-19(16(3)29)30-24(35)38-26(4,5)6/h9-10,12,16,19H,7-8,11,13-14H2,1-6H3,(H,30,35)/t16-,19+/m0/s1/i14D2. The minimum absolute atomic E-state index is 0.0164. The predicted octanol–water partition coefficient (Wildman–Crippen LogP) is 7.25. The summed E-state index contributed by atoms with van der Waals surface area (Å²) >= 11 is 10.9. The topological polar surface area (TPSA) is 98.1 Å². The van der Waals surface area contributed by atoms with Crippen LogP contribution < -0.4 is 10.2 Å². The molecule has 3 heterocycles. The smallest absolute Gasteiger partial charge is 0.415 e. The summed E-state index contributed by atoms with van der Waals surface area (Å²) in [6.45, 7) is 7.82. The molecule has 0 saturated carbocycles. The van der Waals surface area contributed by atoms with Crippen molar-refractivity contribution in [2.45, 2.75) is 85.1 Å². The number of aromatic nitrogens is 3. The summed E-state index contributed by atoms with van der Waals surface area (Å²) in [7, 11) is 0. The lowest BCUT2D eigenvalue weighted by molar-refractivity contribution is 0.0477. The Balaban J connectivity index is 2.16. The maximum atomic E-state index is 14.7.